The molecule has 0 bridgehead atoms. The maximum Gasteiger partial charge on any atom is 0.194 e. The molecule has 0 atom stereocenters. The number of carbonyl (C=O) groups excluding carboxylic acids is 1. The van der Waals surface area contributed by atoms with Gasteiger partial charge in [-0.1, -0.05) is 30.9 Å². The lowest BCUT2D eigenvalue weighted by Gasteiger charge is -2.25. The van der Waals surface area contributed by atoms with Gasteiger partial charge in [-0.15, -0.1) is 0 Å². The topological polar surface area (TPSA) is 45.8 Å². The van der Waals surface area contributed by atoms with Crippen LogP contribution in [0.25, 0.3) is 0 Å². The summed E-state index contributed by atoms with van der Waals surface area (Å²) in [6.07, 6.45) is 8.24. The maximum absolute atomic E-state index is 12.7. The summed E-state index contributed by atoms with van der Waals surface area (Å²) < 4.78 is 2.16. The first kappa shape index (κ1) is 15.8. The average Bonchev–Trinajstić information content (AvgIpc) is 3.00. The first-order valence-corrected chi connectivity index (χ1v) is 8.45. The van der Waals surface area contributed by atoms with Gasteiger partial charge in [0.1, 0.15) is 0 Å². The van der Waals surface area contributed by atoms with Crippen molar-refractivity contribution in [3.05, 3.63) is 58.4 Å². The van der Waals surface area contributed by atoms with Crippen LogP contribution in [0.3, 0.4) is 0 Å². The molecule has 1 aromatic heterocycles. The second-order valence-electron chi connectivity index (χ2n) is 6.09. The molecule has 1 aromatic carbocycles. The van der Waals surface area contributed by atoms with Crippen molar-refractivity contribution in [1.29, 1.82) is 5.26 Å². The third-order valence-electron chi connectivity index (χ3n) is 4.53. The summed E-state index contributed by atoms with van der Waals surface area (Å²) in [5, 5.41) is 9.69. The Balaban J connectivity index is 1.91. The minimum Gasteiger partial charge on any atom is -0.347 e. The molecular formula is C19H19ClN2O. The lowest BCUT2D eigenvalue weighted by Crippen LogP contribution is -2.14. The van der Waals surface area contributed by atoms with Gasteiger partial charge in [0.2, 0.25) is 0 Å². The van der Waals surface area contributed by atoms with Crippen LogP contribution in [0.1, 0.15) is 59.8 Å². The summed E-state index contributed by atoms with van der Waals surface area (Å²) in [7, 11) is 0. The standard InChI is InChI=1S/C19H19ClN2O/c20-16-8-6-14(7-9-16)19(23)15-12-18(10-11-21)22(13-15)17-4-2-1-3-5-17/h6-9,12-13,17H,1-5,10H2. The van der Waals surface area contributed by atoms with E-state index >= 15 is 0 Å². The molecule has 118 valence electrons. The van der Waals surface area contributed by atoms with Gasteiger partial charge in [-0.3, -0.25) is 4.79 Å². The maximum atomic E-state index is 12.7. The number of hydrogen-bond donors (Lipinski definition) is 0. The first-order chi connectivity index (χ1) is 11.2. The molecule has 3 rings (SSSR count). The number of carbonyl (C=O) groups is 1. The molecule has 4 heteroatoms. The smallest absolute Gasteiger partial charge is 0.194 e. The SMILES string of the molecule is N#CCc1cc(C(=O)c2ccc(Cl)cc2)cn1C1CCCCC1. The molecule has 0 saturated heterocycles. The van der Waals surface area contributed by atoms with Crippen LogP contribution in [0.4, 0.5) is 0 Å². The third-order valence-corrected chi connectivity index (χ3v) is 4.78. The Morgan fingerprint density at radius 2 is 1.87 bits per heavy atom. The Hall–Kier alpha value is -2.05. The van der Waals surface area contributed by atoms with Gasteiger partial charge in [0.15, 0.2) is 5.78 Å². The number of ketones is 1. The largest absolute Gasteiger partial charge is 0.347 e. The summed E-state index contributed by atoms with van der Waals surface area (Å²) in [4.78, 5) is 12.7. The molecule has 1 saturated carbocycles. The van der Waals surface area contributed by atoms with Gasteiger partial charge in [-0.05, 0) is 43.2 Å². The van der Waals surface area contributed by atoms with Crippen LogP contribution in [0, 0.1) is 11.3 Å². The number of aromatic nitrogens is 1. The number of nitrogens with zero attached hydrogens (tertiary/aromatic N) is 2. The van der Waals surface area contributed by atoms with E-state index in [2.05, 4.69) is 10.6 Å². The number of benzene rings is 1. The zero-order valence-corrected chi connectivity index (χ0v) is 13.7. The fourth-order valence-corrected chi connectivity index (χ4v) is 3.46. The van der Waals surface area contributed by atoms with E-state index in [9.17, 15) is 4.79 Å². The molecule has 1 heterocycles. The summed E-state index contributed by atoms with van der Waals surface area (Å²) in [5.41, 5.74) is 2.22. The van der Waals surface area contributed by atoms with Crippen LogP contribution in [-0.2, 0) is 6.42 Å². The predicted octanol–water partition coefficient (Wildman–Crippen LogP) is 4.94. The van der Waals surface area contributed by atoms with Crippen molar-refractivity contribution in [2.75, 3.05) is 0 Å². The molecule has 0 radical (unpaired) electrons. The van der Waals surface area contributed by atoms with E-state index in [1.165, 1.54) is 19.3 Å². The lowest BCUT2D eigenvalue weighted by molar-refractivity contribution is 0.103. The fourth-order valence-electron chi connectivity index (χ4n) is 3.34. The van der Waals surface area contributed by atoms with Crippen LogP contribution >= 0.6 is 11.6 Å². The van der Waals surface area contributed by atoms with Gasteiger partial charge in [0, 0.05) is 34.1 Å². The van der Waals surface area contributed by atoms with E-state index in [-0.39, 0.29) is 5.78 Å². The molecule has 2 aromatic rings. The summed E-state index contributed by atoms with van der Waals surface area (Å²) in [6, 6.07) is 11.4. The fraction of sp³-hybridized carbons (Fsp3) is 0.368. The highest BCUT2D eigenvalue weighted by molar-refractivity contribution is 6.30. The molecule has 0 spiro atoms. The zero-order chi connectivity index (χ0) is 16.2. The average molecular weight is 327 g/mol. The normalized spacial score (nSPS) is 15.3. The molecule has 0 unspecified atom stereocenters. The van der Waals surface area contributed by atoms with Gasteiger partial charge in [0.25, 0.3) is 0 Å². The van der Waals surface area contributed by atoms with Gasteiger partial charge < -0.3 is 4.57 Å². The molecule has 3 nitrogen and oxygen atoms in total. The molecule has 1 fully saturated rings. The Kier molecular flexibility index (Phi) is 4.83. The predicted molar refractivity (Wildman–Crippen MR) is 90.8 cm³/mol. The number of hydrogen-bond acceptors (Lipinski definition) is 2. The number of nitriles is 1. The lowest BCUT2D eigenvalue weighted by atomic mass is 9.95. The van der Waals surface area contributed by atoms with Gasteiger partial charge in [-0.2, -0.15) is 5.26 Å². The molecule has 0 N–H and O–H groups in total. The van der Waals surface area contributed by atoms with Crippen LogP contribution < -0.4 is 0 Å². The molecule has 0 amide bonds. The van der Waals surface area contributed by atoms with Crippen LogP contribution in [0.15, 0.2) is 36.5 Å². The van der Waals surface area contributed by atoms with Crippen molar-refractivity contribution in [2.24, 2.45) is 0 Å². The van der Waals surface area contributed by atoms with Crippen molar-refractivity contribution < 1.29 is 4.79 Å². The van der Waals surface area contributed by atoms with E-state index in [1.54, 1.807) is 24.3 Å². The van der Waals surface area contributed by atoms with Gasteiger partial charge in [-0.25, -0.2) is 0 Å². The molecule has 23 heavy (non-hydrogen) atoms. The highest BCUT2D eigenvalue weighted by Gasteiger charge is 2.20. The summed E-state index contributed by atoms with van der Waals surface area (Å²) >= 11 is 5.88. The Morgan fingerprint density at radius 3 is 2.52 bits per heavy atom. The van der Waals surface area contributed by atoms with Crippen molar-refractivity contribution in [2.45, 2.75) is 44.6 Å². The monoisotopic (exact) mass is 326 g/mol. The molecular weight excluding hydrogens is 308 g/mol. The minimum absolute atomic E-state index is 0.0181. The minimum atomic E-state index is -0.0181. The summed E-state index contributed by atoms with van der Waals surface area (Å²) in [5.74, 6) is -0.0181. The molecule has 0 aliphatic heterocycles. The van der Waals surface area contributed by atoms with Gasteiger partial charge >= 0.3 is 0 Å². The van der Waals surface area contributed by atoms with Gasteiger partial charge in [0.05, 0.1) is 12.5 Å². The van der Waals surface area contributed by atoms with Crippen molar-refractivity contribution >= 4 is 17.4 Å². The number of halogens is 1. The van der Waals surface area contributed by atoms with E-state index in [1.807, 2.05) is 12.3 Å². The van der Waals surface area contributed by atoms with Crippen molar-refractivity contribution in [3.8, 4) is 6.07 Å². The second kappa shape index (κ2) is 7.02. The van der Waals surface area contributed by atoms with Crippen molar-refractivity contribution in [1.82, 2.24) is 4.57 Å². The molecule has 1 aliphatic rings. The quantitative estimate of drug-likeness (QED) is 0.747. The number of rotatable bonds is 4. The molecule has 1 aliphatic carbocycles. The van der Waals surface area contributed by atoms with Crippen LogP contribution in [-0.4, -0.2) is 10.4 Å². The van der Waals surface area contributed by atoms with Crippen molar-refractivity contribution in [3.63, 3.8) is 0 Å². The Morgan fingerprint density at radius 1 is 1.17 bits per heavy atom. The Bertz CT molecular complexity index is 734. The highest BCUT2D eigenvalue weighted by atomic mass is 35.5. The first-order valence-electron chi connectivity index (χ1n) is 8.07. The summed E-state index contributed by atoms with van der Waals surface area (Å²) in [6.45, 7) is 0. The van der Waals surface area contributed by atoms with E-state index in [4.69, 9.17) is 16.9 Å². The van der Waals surface area contributed by atoms with Crippen LogP contribution in [0.2, 0.25) is 5.02 Å². The Labute approximate surface area is 141 Å². The van der Waals surface area contributed by atoms with E-state index < -0.39 is 0 Å². The zero-order valence-electron chi connectivity index (χ0n) is 13.0. The third kappa shape index (κ3) is 3.48. The van der Waals surface area contributed by atoms with E-state index in [0.717, 1.165) is 18.5 Å². The second-order valence-corrected chi connectivity index (χ2v) is 6.53. The van der Waals surface area contributed by atoms with E-state index in [0.29, 0.717) is 28.6 Å². The van der Waals surface area contributed by atoms with Crippen LogP contribution in [0.5, 0.6) is 0 Å². The highest BCUT2D eigenvalue weighted by Crippen LogP contribution is 2.31.